The highest BCUT2D eigenvalue weighted by Crippen LogP contribution is 2.34. The molecule has 2 atom stereocenters. The lowest BCUT2D eigenvalue weighted by Crippen LogP contribution is -2.48. The van der Waals surface area contributed by atoms with E-state index >= 15 is 0 Å². The monoisotopic (exact) mass is 342 g/mol. The molecule has 0 bridgehead atoms. The molecule has 2 aliphatic heterocycles. The van der Waals surface area contributed by atoms with E-state index in [2.05, 4.69) is 6.92 Å². The van der Waals surface area contributed by atoms with Gasteiger partial charge < -0.3 is 4.90 Å². The molecule has 0 unspecified atom stereocenters. The van der Waals surface area contributed by atoms with Crippen LogP contribution in [-0.4, -0.2) is 35.2 Å². The fraction of sp³-hybridized carbons (Fsp3) is 0.550. The van der Waals surface area contributed by atoms with Crippen molar-refractivity contribution in [2.24, 2.45) is 5.92 Å². The van der Waals surface area contributed by atoms with Gasteiger partial charge >= 0.3 is 0 Å². The lowest BCUT2D eigenvalue weighted by molar-refractivity contribution is -0.130. The van der Waals surface area contributed by atoms with E-state index in [9.17, 15) is 14.4 Å². The summed E-state index contributed by atoms with van der Waals surface area (Å²) in [6, 6.07) is 6.50. The molecule has 0 radical (unpaired) electrons. The zero-order chi connectivity index (χ0) is 18.0. The van der Waals surface area contributed by atoms with Crippen LogP contribution in [0.25, 0.3) is 0 Å². The summed E-state index contributed by atoms with van der Waals surface area (Å²) in [5.74, 6) is -0.714. The van der Waals surface area contributed by atoms with E-state index in [1.165, 1.54) is 4.90 Å². The lowest BCUT2D eigenvalue weighted by Gasteiger charge is -2.27. The van der Waals surface area contributed by atoms with Crippen LogP contribution in [0.15, 0.2) is 24.3 Å². The molecular formula is C20H26N2O3. The van der Waals surface area contributed by atoms with Gasteiger partial charge in [-0.05, 0) is 37.8 Å². The van der Waals surface area contributed by atoms with Gasteiger partial charge in [-0.1, -0.05) is 38.8 Å². The summed E-state index contributed by atoms with van der Waals surface area (Å²) in [4.78, 5) is 42.2. The SMILES string of the molecule is CCCC[C@@H](CC)C(=O)N1C(=O)[C@@H]2CCCN2C(=O)c2ccccc21. The van der Waals surface area contributed by atoms with Crippen molar-refractivity contribution in [1.82, 2.24) is 4.90 Å². The van der Waals surface area contributed by atoms with Crippen LogP contribution in [0, 0.1) is 5.92 Å². The molecule has 3 rings (SSSR count). The number of nitrogens with zero attached hydrogens (tertiary/aromatic N) is 2. The van der Waals surface area contributed by atoms with Gasteiger partial charge in [0.25, 0.3) is 11.8 Å². The predicted molar refractivity (Wildman–Crippen MR) is 96.3 cm³/mol. The summed E-state index contributed by atoms with van der Waals surface area (Å²) in [5.41, 5.74) is 0.908. The summed E-state index contributed by atoms with van der Waals surface area (Å²) >= 11 is 0. The molecule has 0 aromatic heterocycles. The van der Waals surface area contributed by atoms with Crippen LogP contribution < -0.4 is 4.90 Å². The van der Waals surface area contributed by atoms with Crippen molar-refractivity contribution >= 4 is 23.4 Å². The third kappa shape index (κ3) is 3.08. The molecule has 3 amide bonds. The second kappa shape index (κ2) is 7.38. The third-order valence-electron chi connectivity index (χ3n) is 5.36. The Bertz CT molecular complexity index is 685. The number of fused-ring (bicyclic) bond motifs is 2. The maximum atomic E-state index is 13.2. The number of unbranched alkanes of at least 4 members (excludes halogenated alkanes) is 1. The molecule has 0 spiro atoms. The van der Waals surface area contributed by atoms with Crippen LogP contribution in [0.2, 0.25) is 0 Å². The number of para-hydroxylation sites is 1. The maximum Gasteiger partial charge on any atom is 0.256 e. The highest BCUT2D eigenvalue weighted by Gasteiger charge is 2.44. The molecule has 2 aliphatic rings. The Morgan fingerprint density at radius 3 is 2.72 bits per heavy atom. The predicted octanol–water partition coefficient (Wildman–Crippen LogP) is 3.38. The average molecular weight is 342 g/mol. The topological polar surface area (TPSA) is 57.7 Å². The smallest absolute Gasteiger partial charge is 0.256 e. The standard InChI is InChI=1S/C20H26N2O3/c1-3-5-9-14(4-2)18(23)22-16-11-7-6-10-15(16)19(24)21-13-8-12-17(21)20(22)25/h6-7,10-11,14,17H,3-5,8-9,12-13H2,1-2H3/t14-,17+/m1/s1. The van der Waals surface area contributed by atoms with Crippen LogP contribution in [0.4, 0.5) is 5.69 Å². The van der Waals surface area contributed by atoms with Crippen molar-refractivity contribution in [2.45, 2.75) is 58.4 Å². The molecule has 1 aromatic rings. The van der Waals surface area contributed by atoms with Gasteiger partial charge in [0.2, 0.25) is 5.91 Å². The number of carbonyl (C=O) groups excluding carboxylic acids is 3. The normalized spacial score (nSPS) is 21.0. The first kappa shape index (κ1) is 17.6. The Balaban J connectivity index is 2.04. The number of hydrogen-bond acceptors (Lipinski definition) is 3. The molecule has 1 aromatic carbocycles. The highest BCUT2D eigenvalue weighted by molar-refractivity contribution is 6.22. The van der Waals surface area contributed by atoms with E-state index in [0.29, 0.717) is 30.6 Å². The Morgan fingerprint density at radius 1 is 1.24 bits per heavy atom. The van der Waals surface area contributed by atoms with E-state index < -0.39 is 6.04 Å². The minimum Gasteiger partial charge on any atom is -0.327 e. The van der Waals surface area contributed by atoms with E-state index in [1.54, 1.807) is 29.2 Å². The number of anilines is 1. The van der Waals surface area contributed by atoms with Crippen molar-refractivity contribution in [3.8, 4) is 0 Å². The van der Waals surface area contributed by atoms with Crippen LogP contribution in [0.3, 0.4) is 0 Å². The summed E-state index contributed by atoms with van der Waals surface area (Å²) in [6.45, 7) is 4.66. The number of hydrogen-bond donors (Lipinski definition) is 0. The van der Waals surface area contributed by atoms with Gasteiger partial charge in [0.15, 0.2) is 0 Å². The van der Waals surface area contributed by atoms with Gasteiger partial charge in [-0.2, -0.15) is 0 Å². The summed E-state index contributed by atoms with van der Waals surface area (Å²) in [7, 11) is 0. The minimum absolute atomic E-state index is 0.136. The number of benzene rings is 1. The van der Waals surface area contributed by atoms with E-state index in [1.807, 2.05) is 6.92 Å². The summed E-state index contributed by atoms with van der Waals surface area (Å²) in [5, 5.41) is 0. The number of rotatable bonds is 5. The molecule has 5 nitrogen and oxygen atoms in total. The van der Waals surface area contributed by atoms with Gasteiger partial charge in [-0.15, -0.1) is 0 Å². The number of amides is 3. The molecule has 1 saturated heterocycles. The van der Waals surface area contributed by atoms with Crippen molar-refractivity contribution in [3.05, 3.63) is 29.8 Å². The summed E-state index contributed by atoms with van der Waals surface area (Å²) < 4.78 is 0. The molecule has 134 valence electrons. The molecule has 2 heterocycles. The van der Waals surface area contributed by atoms with Crippen molar-refractivity contribution in [3.63, 3.8) is 0 Å². The largest absolute Gasteiger partial charge is 0.327 e. The van der Waals surface area contributed by atoms with Gasteiger partial charge in [0.05, 0.1) is 11.3 Å². The second-order valence-electron chi connectivity index (χ2n) is 6.93. The first-order chi connectivity index (χ1) is 12.1. The molecular weight excluding hydrogens is 316 g/mol. The van der Waals surface area contributed by atoms with Gasteiger partial charge in [-0.25, -0.2) is 4.90 Å². The first-order valence-corrected chi connectivity index (χ1v) is 9.37. The van der Waals surface area contributed by atoms with Crippen LogP contribution in [0.5, 0.6) is 0 Å². The Kier molecular flexibility index (Phi) is 5.21. The molecule has 25 heavy (non-hydrogen) atoms. The minimum atomic E-state index is -0.507. The first-order valence-electron chi connectivity index (χ1n) is 9.37. The fourth-order valence-electron chi connectivity index (χ4n) is 3.90. The Morgan fingerprint density at radius 2 is 2.00 bits per heavy atom. The number of carbonyl (C=O) groups is 3. The van der Waals surface area contributed by atoms with Crippen molar-refractivity contribution < 1.29 is 14.4 Å². The van der Waals surface area contributed by atoms with Crippen LogP contribution in [0.1, 0.15) is 62.7 Å². The molecule has 0 N–H and O–H groups in total. The van der Waals surface area contributed by atoms with Gasteiger partial charge in [0.1, 0.15) is 6.04 Å². The van der Waals surface area contributed by atoms with Crippen LogP contribution in [-0.2, 0) is 9.59 Å². The van der Waals surface area contributed by atoms with E-state index in [-0.39, 0.29) is 23.6 Å². The van der Waals surface area contributed by atoms with Gasteiger partial charge in [-0.3, -0.25) is 14.4 Å². The highest BCUT2D eigenvalue weighted by atomic mass is 16.2. The molecule has 0 saturated carbocycles. The van der Waals surface area contributed by atoms with Gasteiger partial charge in [0, 0.05) is 12.5 Å². The Hall–Kier alpha value is -2.17. The number of imide groups is 1. The zero-order valence-corrected chi connectivity index (χ0v) is 15.0. The Labute approximate surface area is 149 Å². The summed E-state index contributed by atoms with van der Waals surface area (Å²) in [6.07, 6.45) is 4.90. The maximum absolute atomic E-state index is 13.2. The van der Waals surface area contributed by atoms with E-state index in [4.69, 9.17) is 0 Å². The van der Waals surface area contributed by atoms with Crippen molar-refractivity contribution in [1.29, 1.82) is 0 Å². The average Bonchev–Trinajstić information content (AvgIpc) is 3.09. The third-order valence-corrected chi connectivity index (χ3v) is 5.36. The van der Waals surface area contributed by atoms with Crippen molar-refractivity contribution in [2.75, 3.05) is 11.4 Å². The second-order valence-corrected chi connectivity index (χ2v) is 6.93. The molecule has 1 fully saturated rings. The fourth-order valence-corrected chi connectivity index (χ4v) is 3.90. The lowest BCUT2D eigenvalue weighted by atomic mass is 9.96. The quantitative estimate of drug-likeness (QED) is 0.824. The van der Waals surface area contributed by atoms with E-state index in [0.717, 1.165) is 25.7 Å². The van der Waals surface area contributed by atoms with Crippen LogP contribution >= 0.6 is 0 Å². The zero-order valence-electron chi connectivity index (χ0n) is 15.0. The molecule has 0 aliphatic carbocycles. The molecule has 5 heteroatoms.